The van der Waals surface area contributed by atoms with Crippen molar-refractivity contribution in [3.05, 3.63) is 45.7 Å². The van der Waals surface area contributed by atoms with Gasteiger partial charge in [-0.15, -0.1) is 11.3 Å². The summed E-state index contributed by atoms with van der Waals surface area (Å²) in [5.41, 5.74) is 2.58. The lowest BCUT2D eigenvalue weighted by molar-refractivity contribution is -0.149. The van der Waals surface area contributed by atoms with Crippen molar-refractivity contribution in [2.24, 2.45) is 5.16 Å². The molecule has 0 radical (unpaired) electrons. The number of hydrogen-bond acceptors (Lipinski definition) is 4. The molecule has 1 aliphatic heterocycles. The molecular weight excluding hydrogens is 270 g/mol. The Balaban J connectivity index is 1.94. The number of allylic oxidation sites excluding steroid dienone is 3. The second-order valence-electron chi connectivity index (χ2n) is 5.36. The molecule has 0 aromatic carbocycles. The highest BCUT2D eigenvalue weighted by Crippen LogP contribution is 2.35. The monoisotopic (exact) mass is 291 g/mol. The number of nitrogens with zero attached hydrogens (tertiary/aromatic N) is 1. The fourth-order valence-electron chi connectivity index (χ4n) is 1.93. The summed E-state index contributed by atoms with van der Waals surface area (Å²) in [6, 6.07) is 3.98. The van der Waals surface area contributed by atoms with Crippen molar-refractivity contribution in [1.29, 1.82) is 0 Å². The third kappa shape index (κ3) is 3.73. The predicted octanol–water partition coefficient (Wildman–Crippen LogP) is 4.97. The molecule has 0 N–H and O–H groups in total. The highest BCUT2D eigenvalue weighted by molar-refractivity contribution is 7.10. The van der Waals surface area contributed by atoms with Crippen LogP contribution in [0.3, 0.4) is 0 Å². The molecule has 1 unspecified atom stereocenters. The van der Waals surface area contributed by atoms with Crippen molar-refractivity contribution in [3.63, 3.8) is 0 Å². The van der Waals surface area contributed by atoms with E-state index in [4.69, 9.17) is 9.57 Å². The molecule has 108 valence electrons. The first kappa shape index (κ1) is 14.9. The van der Waals surface area contributed by atoms with Gasteiger partial charge in [-0.3, -0.25) is 0 Å². The molecule has 1 aromatic rings. The number of ether oxygens (including phenoxy) is 1. The molecule has 2 heterocycles. The van der Waals surface area contributed by atoms with Crippen molar-refractivity contribution in [3.8, 4) is 0 Å². The molecule has 20 heavy (non-hydrogen) atoms. The van der Waals surface area contributed by atoms with Gasteiger partial charge in [0, 0.05) is 13.0 Å². The van der Waals surface area contributed by atoms with E-state index >= 15 is 0 Å². The maximum Gasteiger partial charge on any atom is 0.310 e. The number of oxime groups is 1. The normalized spacial score (nSPS) is 22.0. The highest BCUT2D eigenvalue weighted by atomic mass is 32.1. The third-order valence-electron chi connectivity index (χ3n) is 3.04. The van der Waals surface area contributed by atoms with E-state index in [0.717, 1.165) is 17.7 Å². The van der Waals surface area contributed by atoms with Crippen molar-refractivity contribution in [2.45, 2.75) is 46.3 Å². The summed E-state index contributed by atoms with van der Waals surface area (Å²) >= 11 is 1.61. The van der Waals surface area contributed by atoms with Crippen LogP contribution in [0.15, 0.2) is 46.0 Å². The Morgan fingerprint density at radius 2 is 2.20 bits per heavy atom. The SMILES string of the molecule is CC(C)=CCC/C(C)=C/C1=NOC(C)(c2cccs2)O1. The molecule has 0 spiro atoms. The van der Waals surface area contributed by atoms with E-state index in [0.29, 0.717) is 5.90 Å². The Hall–Kier alpha value is -1.55. The molecule has 0 amide bonds. The summed E-state index contributed by atoms with van der Waals surface area (Å²) in [4.78, 5) is 6.48. The largest absolute Gasteiger partial charge is 0.426 e. The van der Waals surface area contributed by atoms with Crippen LogP contribution in [-0.2, 0) is 15.4 Å². The van der Waals surface area contributed by atoms with E-state index in [2.05, 4.69) is 32.0 Å². The second kappa shape index (κ2) is 6.27. The maximum absolute atomic E-state index is 5.84. The van der Waals surface area contributed by atoms with Crippen LogP contribution < -0.4 is 0 Å². The van der Waals surface area contributed by atoms with Gasteiger partial charge in [0.2, 0.25) is 0 Å². The Morgan fingerprint density at radius 1 is 1.40 bits per heavy atom. The second-order valence-corrected chi connectivity index (χ2v) is 6.30. The van der Waals surface area contributed by atoms with E-state index in [-0.39, 0.29) is 0 Å². The molecule has 0 aliphatic carbocycles. The maximum atomic E-state index is 5.84. The Labute approximate surface area is 124 Å². The fourth-order valence-corrected chi connectivity index (χ4v) is 2.68. The number of thiophene rings is 1. The third-order valence-corrected chi connectivity index (χ3v) is 4.09. The summed E-state index contributed by atoms with van der Waals surface area (Å²) in [5.74, 6) is -0.226. The molecule has 2 rings (SSSR count). The van der Waals surface area contributed by atoms with Crippen molar-refractivity contribution in [1.82, 2.24) is 0 Å². The molecule has 1 aromatic heterocycles. The van der Waals surface area contributed by atoms with Crippen molar-refractivity contribution >= 4 is 17.2 Å². The van der Waals surface area contributed by atoms with Crippen LogP contribution in [0.5, 0.6) is 0 Å². The van der Waals surface area contributed by atoms with E-state index in [1.165, 1.54) is 11.1 Å². The molecule has 0 bridgehead atoms. The molecule has 0 saturated carbocycles. The highest BCUT2D eigenvalue weighted by Gasteiger charge is 2.38. The zero-order valence-corrected chi connectivity index (χ0v) is 13.3. The Morgan fingerprint density at radius 3 is 2.85 bits per heavy atom. The van der Waals surface area contributed by atoms with Crippen molar-refractivity contribution < 1.29 is 9.57 Å². The molecule has 0 saturated heterocycles. The number of rotatable bonds is 5. The van der Waals surface area contributed by atoms with Gasteiger partial charge >= 0.3 is 5.79 Å². The number of hydrogen-bond donors (Lipinski definition) is 0. The van der Waals surface area contributed by atoms with Gasteiger partial charge in [0.05, 0.1) is 4.88 Å². The van der Waals surface area contributed by atoms with Crippen molar-refractivity contribution in [2.75, 3.05) is 0 Å². The first-order valence-corrected chi connectivity index (χ1v) is 7.67. The summed E-state index contributed by atoms with van der Waals surface area (Å²) in [6.07, 6.45) is 6.24. The first-order valence-electron chi connectivity index (χ1n) is 6.79. The topological polar surface area (TPSA) is 30.8 Å². The van der Waals surface area contributed by atoms with Crippen LogP contribution in [0.1, 0.15) is 45.4 Å². The molecular formula is C16H21NO2S. The van der Waals surface area contributed by atoms with Crippen LogP contribution in [0, 0.1) is 0 Å². The lowest BCUT2D eigenvalue weighted by atomic mass is 10.1. The van der Waals surface area contributed by atoms with Gasteiger partial charge in [-0.1, -0.05) is 23.3 Å². The first-order chi connectivity index (χ1) is 9.49. The summed E-state index contributed by atoms with van der Waals surface area (Å²) in [7, 11) is 0. The van der Waals surface area contributed by atoms with Crippen LogP contribution in [0.4, 0.5) is 0 Å². The summed E-state index contributed by atoms with van der Waals surface area (Å²) in [5, 5.41) is 6.04. The van der Waals surface area contributed by atoms with E-state index < -0.39 is 5.79 Å². The van der Waals surface area contributed by atoms with E-state index in [1.54, 1.807) is 11.3 Å². The van der Waals surface area contributed by atoms with Gasteiger partial charge in [0.25, 0.3) is 5.90 Å². The fraction of sp³-hybridized carbons (Fsp3) is 0.438. The van der Waals surface area contributed by atoms with Gasteiger partial charge < -0.3 is 9.57 Å². The van der Waals surface area contributed by atoms with Crippen LogP contribution >= 0.6 is 11.3 Å². The van der Waals surface area contributed by atoms with Crippen LogP contribution in [-0.4, -0.2) is 5.90 Å². The Kier molecular flexibility index (Phi) is 4.65. The smallest absolute Gasteiger partial charge is 0.310 e. The Bertz CT molecular complexity index is 539. The standard InChI is InChI=1S/C16H21NO2S/c1-12(2)7-5-8-13(3)11-15-17-19-16(4,18-15)14-9-6-10-20-14/h6-7,9-11H,5,8H2,1-4H3/b13-11+. The quantitative estimate of drug-likeness (QED) is 0.717. The van der Waals surface area contributed by atoms with Gasteiger partial charge in [-0.2, -0.15) is 0 Å². The average Bonchev–Trinajstić information content (AvgIpc) is 2.99. The zero-order chi connectivity index (χ0) is 14.6. The lowest BCUT2D eigenvalue weighted by Crippen LogP contribution is -2.23. The summed E-state index contributed by atoms with van der Waals surface area (Å²) < 4.78 is 5.84. The molecule has 4 heteroatoms. The van der Waals surface area contributed by atoms with Gasteiger partial charge in [-0.25, -0.2) is 0 Å². The van der Waals surface area contributed by atoms with E-state index in [1.807, 2.05) is 30.5 Å². The molecule has 1 atom stereocenters. The average molecular weight is 291 g/mol. The van der Waals surface area contributed by atoms with Gasteiger partial charge in [-0.05, 0) is 50.2 Å². The molecule has 3 nitrogen and oxygen atoms in total. The van der Waals surface area contributed by atoms with Crippen LogP contribution in [0.2, 0.25) is 0 Å². The molecule has 0 fully saturated rings. The minimum absolute atomic E-state index is 0.551. The minimum atomic E-state index is -0.778. The molecule has 1 aliphatic rings. The zero-order valence-electron chi connectivity index (χ0n) is 12.5. The predicted molar refractivity (Wildman–Crippen MR) is 83.7 cm³/mol. The van der Waals surface area contributed by atoms with E-state index in [9.17, 15) is 0 Å². The summed E-state index contributed by atoms with van der Waals surface area (Å²) in [6.45, 7) is 8.21. The van der Waals surface area contributed by atoms with Gasteiger partial charge in [0.1, 0.15) is 0 Å². The lowest BCUT2D eigenvalue weighted by Gasteiger charge is -2.19. The van der Waals surface area contributed by atoms with Gasteiger partial charge in [0.15, 0.2) is 0 Å². The minimum Gasteiger partial charge on any atom is -0.426 e. The van der Waals surface area contributed by atoms with Crippen LogP contribution in [0.25, 0.3) is 0 Å².